The number of nitrogens with zero attached hydrogens (tertiary/aromatic N) is 4. The number of halogens is 4. The average molecular weight is 553 g/mol. The van der Waals surface area contributed by atoms with Crippen LogP contribution in [-0.4, -0.2) is 44.9 Å². The molecule has 1 aliphatic rings. The van der Waals surface area contributed by atoms with Gasteiger partial charge < -0.3 is 15.1 Å². The number of rotatable bonds is 8. The number of amides is 2. The minimum atomic E-state index is -4.84. The number of benzene rings is 1. The number of hydrogen-bond donors (Lipinski definition) is 2. The highest BCUT2D eigenvalue weighted by atomic mass is 35.5. The second-order valence-electron chi connectivity index (χ2n) is 9.51. The van der Waals surface area contributed by atoms with Gasteiger partial charge in [0.1, 0.15) is 0 Å². The first-order chi connectivity index (χ1) is 18.0. The second kappa shape index (κ2) is 11.5. The molecule has 2 aromatic heterocycles. The van der Waals surface area contributed by atoms with Crippen LogP contribution < -0.4 is 10.6 Å². The first-order valence-electron chi connectivity index (χ1n) is 12.4. The summed E-state index contributed by atoms with van der Waals surface area (Å²) in [6.07, 6.45) is -1.07. The van der Waals surface area contributed by atoms with E-state index in [4.69, 9.17) is 16.0 Å². The standard InChI is InChI=1S/C25H28ClF3N6O3/c1-14(2)23-32-33-24(38-23)16-9-7-15(8-10-16)21(36)30-11-12-31-22(37)17-13-35(34-20(17)25(27,28)29)19-6-4-3-5-18(19)26/h3-6,13-16H,7-12H2,1-2H3,(H,30,36)(H,31,37)/t15-,16-. The zero-order valence-electron chi connectivity index (χ0n) is 20.9. The first-order valence-corrected chi connectivity index (χ1v) is 12.7. The van der Waals surface area contributed by atoms with Crippen molar-refractivity contribution in [2.45, 2.75) is 57.5 Å². The van der Waals surface area contributed by atoms with Crippen LogP contribution in [0.25, 0.3) is 5.69 Å². The quantitative estimate of drug-likeness (QED) is 0.385. The average Bonchev–Trinajstić information content (AvgIpc) is 3.55. The highest BCUT2D eigenvalue weighted by Gasteiger charge is 2.39. The highest BCUT2D eigenvalue weighted by Crippen LogP contribution is 2.36. The summed E-state index contributed by atoms with van der Waals surface area (Å²) >= 11 is 6.07. The van der Waals surface area contributed by atoms with Crippen molar-refractivity contribution >= 4 is 23.4 Å². The molecule has 4 rings (SSSR count). The van der Waals surface area contributed by atoms with E-state index in [1.54, 1.807) is 12.1 Å². The number of aromatic nitrogens is 4. The Bertz CT molecular complexity index is 1280. The van der Waals surface area contributed by atoms with Crippen LogP contribution in [0.4, 0.5) is 13.2 Å². The molecule has 1 saturated carbocycles. The number of alkyl halides is 3. The summed E-state index contributed by atoms with van der Waals surface area (Å²) in [7, 11) is 0. The molecule has 0 radical (unpaired) electrons. The van der Waals surface area contributed by atoms with E-state index in [1.807, 2.05) is 13.8 Å². The predicted molar refractivity (Wildman–Crippen MR) is 132 cm³/mol. The molecule has 2 amide bonds. The Kier molecular flexibility index (Phi) is 8.39. The molecule has 2 heterocycles. The van der Waals surface area contributed by atoms with Gasteiger partial charge in [0.2, 0.25) is 17.7 Å². The van der Waals surface area contributed by atoms with Crippen molar-refractivity contribution in [2.24, 2.45) is 5.92 Å². The van der Waals surface area contributed by atoms with E-state index < -0.39 is 23.3 Å². The van der Waals surface area contributed by atoms with Crippen molar-refractivity contribution in [2.75, 3.05) is 13.1 Å². The summed E-state index contributed by atoms with van der Waals surface area (Å²) in [6, 6.07) is 6.22. The highest BCUT2D eigenvalue weighted by molar-refractivity contribution is 6.32. The fourth-order valence-electron chi connectivity index (χ4n) is 4.36. The molecule has 3 aromatic rings. The van der Waals surface area contributed by atoms with Crippen molar-refractivity contribution in [3.63, 3.8) is 0 Å². The summed E-state index contributed by atoms with van der Waals surface area (Å²) in [4.78, 5) is 25.1. The Morgan fingerprint density at radius 1 is 1.11 bits per heavy atom. The monoisotopic (exact) mass is 552 g/mol. The topological polar surface area (TPSA) is 115 Å². The van der Waals surface area contributed by atoms with E-state index in [0.717, 1.165) is 23.7 Å². The lowest BCUT2D eigenvalue weighted by molar-refractivity contribution is -0.141. The number of carbonyl (C=O) groups excluding carboxylic acids is 2. The predicted octanol–water partition coefficient (Wildman–Crippen LogP) is 4.87. The Balaban J connectivity index is 1.27. The molecule has 13 heteroatoms. The van der Waals surface area contributed by atoms with Gasteiger partial charge >= 0.3 is 6.18 Å². The van der Waals surface area contributed by atoms with Crippen LogP contribution in [0.5, 0.6) is 0 Å². The van der Waals surface area contributed by atoms with Crippen LogP contribution in [0, 0.1) is 5.92 Å². The lowest BCUT2D eigenvalue weighted by atomic mass is 9.81. The van der Waals surface area contributed by atoms with Gasteiger partial charge in [0.15, 0.2) is 5.69 Å². The molecular formula is C25H28ClF3N6O3. The summed E-state index contributed by atoms with van der Waals surface area (Å²) in [6.45, 7) is 3.98. The smallest absolute Gasteiger partial charge is 0.425 e. The Morgan fingerprint density at radius 3 is 2.42 bits per heavy atom. The first kappa shape index (κ1) is 27.6. The van der Waals surface area contributed by atoms with Crippen molar-refractivity contribution in [1.29, 1.82) is 0 Å². The third-order valence-corrected chi connectivity index (χ3v) is 6.75. The molecule has 1 aliphatic carbocycles. The largest absolute Gasteiger partial charge is 0.435 e. The summed E-state index contributed by atoms with van der Waals surface area (Å²) in [5, 5.41) is 17.1. The molecule has 2 N–H and O–H groups in total. The van der Waals surface area contributed by atoms with Gasteiger partial charge in [-0.1, -0.05) is 37.6 Å². The lowest BCUT2D eigenvalue weighted by Crippen LogP contribution is -2.38. The number of carbonyl (C=O) groups is 2. The number of hydrogen-bond acceptors (Lipinski definition) is 6. The van der Waals surface area contributed by atoms with Gasteiger partial charge in [0.05, 0.1) is 16.3 Å². The Labute approximate surface area is 222 Å². The molecule has 204 valence electrons. The molecule has 0 saturated heterocycles. The Morgan fingerprint density at radius 2 is 1.79 bits per heavy atom. The molecule has 0 unspecified atom stereocenters. The van der Waals surface area contributed by atoms with E-state index in [-0.39, 0.29) is 47.5 Å². The third-order valence-electron chi connectivity index (χ3n) is 6.43. The van der Waals surface area contributed by atoms with Crippen LogP contribution in [0.15, 0.2) is 34.9 Å². The minimum Gasteiger partial charge on any atom is -0.425 e. The zero-order valence-corrected chi connectivity index (χ0v) is 21.6. The third kappa shape index (κ3) is 6.35. The van der Waals surface area contributed by atoms with Gasteiger partial charge in [-0.25, -0.2) is 4.68 Å². The van der Waals surface area contributed by atoms with Gasteiger partial charge in [-0.15, -0.1) is 10.2 Å². The van der Waals surface area contributed by atoms with Gasteiger partial charge in [-0.2, -0.15) is 18.3 Å². The van der Waals surface area contributed by atoms with Gasteiger partial charge in [-0.3, -0.25) is 9.59 Å². The number of para-hydroxylation sites is 1. The zero-order chi connectivity index (χ0) is 27.4. The minimum absolute atomic E-state index is 0.0472. The molecular weight excluding hydrogens is 525 g/mol. The van der Waals surface area contributed by atoms with Crippen LogP contribution in [0.3, 0.4) is 0 Å². The molecule has 1 fully saturated rings. The molecule has 9 nitrogen and oxygen atoms in total. The summed E-state index contributed by atoms with van der Waals surface area (Å²) < 4.78 is 47.3. The van der Waals surface area contributed by atoms with Gasteiger partial charge in [0, 0.05) is 37.0 Å². The van der Waals surface area contributed by atoms with Crippen molar-refractivity contribution in [3.8, 4) is 5.69 Å². The van der Waals surface area contributed by atoms with Crippen molar-refractivity contribution in [3.05, 3.63) is 58.5 Å². The van der Waals surface area contributed by atoms with Crippen molar-refractivity contribution in [1.82, 2.24) is 30.6 Å². The van der Waals surface area contributed by atoms with Gasteiger partial charge in [0.25, 0.3) is 5.91 Å². The normalized spacial score (nSPS) is 18.0. The molecule has 0 bridgehead atoms. The second-order valence-corrected chi connectivity index (χ2v) is 9.92. The Hall–Kier alpha value is -3.41. The summed E-state index contributed by atoms with van der Waals surface area (Å²) in [5.41, 5.74) is -1.75. The molecule has 1 aromatic carbocycles. The molecule has 0 atom stereocenters. The molecule has 0 spiro atoms. The maximum absolute atomic E-state index is 13.6. The van der Waals surface area contributed by atoms with E-state index in [9.17, 15) is 22.8 Å². The molecule has 0 aliphatic heterocycles. The maximum atomic E-state index is 13.6. The maximum Gasteiger partial charge on any atom is 0.435 e. The molecule has 38 heavy (non-hydrogen) atoms. The van der Waals surface area contributed by atoms with Crippen molar-refractivity contribution < 1.29 is 27.2 Å². The van der Waals surface area contributed by atoms with E-state index in [2.05, 4.69) is 25.9 Å². The van der Waals surface area contributed by atoms with Crippen LogP contribution >= 0.6 is 11.6 Å². The van der Waals surface area contributed by atoms with Gasteiger partial charge in [-0.05, 0) is 37.8 Å². The van der Waals surface area contributed by atoms with Crippen LogP contribution in [0.2, 0.25) is 5.02 Å². The van der Waals surface area contributed by atoms with E-state index in [1.165, 1.54) is 12.1 Å². The fourth-order valence-corrected chi connectivity index (χ4v) is 4.58. The van der Waals surface area contributed by atoms with E-state index in [0.29, 0.717) is 24.6 Å². The summed E-state index contributed by atoms with van der Waals surface area (Å²) in [5.74, 6) is 0.164. The van der Waals surface area contributed by atoms with Crippen LogP contribution in [-0.2, 0) is 11.0 Å². The van der Waals surface area contributed by atoms with E-state index >= 15 is 0 Å². The van der Waals surface area contributed by atoms with Crippen LogP contribution in [0.1, 0.15) is 79.2 Å². The fraction of sp³-hybridized carbons (Fsp3) is 0.480. The lowest BCUT2D eigenvalue weighted by Gasteiger charge is -2.25. The SMILES string of the molecule is CC(C)c1nnc([C@H]2CC[C@H](C(=O)NCCNC(=O)c3cn(-c4ccccc4Cl)nc3C(F)(F)F)CC2)o1. The number of nitrogens with one attached hydrogen (secondary N) is 2.